The van der Waals surface area contributed by atoms with Gasteiger partial charge in [0.1, 0.15) is 0 Å². The van der Waals surface area contributed by atoms with Gasteiger partial charge in [0.25, 0.3) is 0 Å². The molecule has 1 aromatic heterocycles. The molecule has 1 aromatic rings. The van der Waals surface area contributed by atoms with Crippen LogP contribution in [0.4, 0.5) is 5.00 Å². The molecular formula is C11H18BNO2S. The van der Waals surface area contributed by atoms with Crippen molar-refractivity contribution >= 4 is 34.9 Å². The number of nitrogens with zero attached hydrogens (tertiary/aromatic N) is 1. The normalized spacial score (nSPS) is 10.2. The second kappa shape index (κ2) is 5.39. The molecule has 1 rings (SSSR count). The minimum atomic E-state index is -0.232. The molecule has 0 saturated heterocycles. The molecule has 0 atom stereocenters. The fourth-order valence-electron chi connectivity index (χ4n) is 1.85. The van der Waals surface area contributed by atoms with E-state index in [2.05, 4.69) is 18.7 Å². The molecule has 0 fully saturated rings. The molecule has 0 spiro atoms. The Hall–Kier alpha value is -0.965. The molecule has 0 N–H and O–H groups in total. The first-order valence-corrected chi connectivity index (χ1v) is 6.31. The minimum Gasteiger partial charge on any atom is -0.465 e. The zero-order chi connectivity index (χ0) is 12.3. The number of ether oxygens (including phenoxy) is 1. The van der Waals surface area contributed by atoms with E-state index in [0.717, 1.165) is 29.0 Å². The maximum atomic E-state index is 11.6. The first-order valence-electron chi connectivity index (χ1n) is 5.50. The molecule has 0 saturated carbocycles. The molecule has 1 heterocycles. The molecule has 0 bridgehead atoms. The van der Waals surface area contributed by atoms with Crippen LogP contribution in [0.3, 0.4) is 0 Å². The molecule has 3 nitrogen and oxygen atoms in total. The number of esters is 1. The van der Waals surface area contributed by atoms with Crippen LogP contribution in [-0.2, 0) is 4.74 Å². The Morgan fingerprint density at radius 1 is 1.44 bits per heavy atom. The highest BCUT2D eigenvalue weighted by Gasteiger charge is 2.20. The highest BCUT2D eigenvalue weighted by atomic mass is 32.1. The summed E-state index contributed by atoms with van der Waals surface area (Å²) in [6.07, 6.45) is 0. The maximum absolute atomic E-state index is 11.6. The van der Waals surface area contributed by atoms with Crippen molar-refractivity contribution in [2.75, 3.05) is 25.1 Å². The average molecular weight is 239 g/mol. The second-order valence-electron chi connectivity index (χ2n) is 3.63. The summed E-state index contributed by atoms with van der Waals surface area (Å²) in [6.45, 7) is 8.14. The summed E-state index contributed by atoms with van der Waals surface area (Å²) >= 11 is 1.67. The van der Waals surface area contributed by atoms with Crippen LogP contribution in [0.2, 0.25) is 0 Å². The van der Waals surface area contributed by atoms with Crippen LogP contribution >= 0.6 is 11.3 Å². The van der Waals surface area contributed by atoms with E-state index in [4.69, 9.17) is 4.74 Å². The van der Waals surface area contributed by atoms with Crippen LogP contribution in [-0.4, -0.2) is 34.0 Å². The molecule has 88 valence electrons. The average Bonchev–Trinajstić information content (AvgIpc) is 2.56. The van der Waals surface area contributed by atoms with Gasteiger partial charge in [-0.05, 0) is 31.1 Å². The van der Waals surface area contributed by atoms with E-state index < -0.39 is 0 Å². The first-order chi connectivity index (χ1) is 7.56. The summed E-state index contributed by atoms with van der Waals surface area (Å²) in [5.41, 5.74) is 1.77. The SMILES string of the molecule is Bc1sc(N(CC)CC)c(C)c1C(=O)OC. The second-order valence-corrected chi connectivity index (χ2v) is 4.83. The molecule has 0 aliphatic carbocycles. The van der Waals surface area contributed by atoms with E-state index in [0.29, 0.717) is 0 Å². The fraction of sp³-hybridized carbons (Fsp3) is 0.545. The smallest absolute Gasteiger partial charge is 0.338 e. The van der Waals surface area contributed by atoms with Crippen LogP contribution in [0.15, 0.2) is 0 Å². The summed E-state index contributed by atoms with van der Waals surface area (Å²) in [6, 6.07) is 0. The van der Waals surface area contributed by atoms with Crippen LogP contribution in [0.25, 0.3) is 0 Å². The number of methoxy groups -OCH3 is 1. The topological polar surface area (TPSA) is 29.5 Å². The Morgan fingerprint density at radius 2 is 2.00 bits per heavy atom. The van der Waals surface area contributed by atoms with Crippen molar-refractivity contribution in [3.05, 3.63) is 11.1 Å². The predicted molar refractivity (Wildman–Crippen MR) is 72.1 cm³/mol. The number of rotatable bonds is 4. The Labute approximate surface area is 102 Å². The third kappa shape index (κ3) is 2.24. The third-order valence-corrected chi connectivity index (χ3v) is 4.01. The largest absolute Gasteiger partial charge is 0.465 e. The third-order valence-electron chi connectivity index (χ3n) is 2.74. The van der Waals surface area contributed by atoms with Gasteiger partial charge in [-0.3, -0.25) is 0 Å². The highest BCUT2D eigenvalue weighted by Crippen LogP contribution is 2.28. The molecule has 0 aliphatic heterocycles. The van der Waals surface area contributed by atoms with Crippen molar-refractivity contribution < 1.29 is 9.53 Å². The Bertz CT molecular complexity index is 386. The summed E-state index contributed by atoms with van der Waals surface area (Å²) < 4.78 is 5.84. The predicted octanol–water partition coefficient (Wildman–Crippen LogP) is 0.948. The highest BCUT2D eigenvalue weighted by molar-refractivity contribution is 7.24. The quantitative estimate of drug-likeness (QED) is 0.578. The zero-order valence-corrected chi connectivity index (χ0v) is 11.4. The number of anilines is 1. The summed E-state index contributed by atoms with van der Waals surface area (Å²) in [5, 5.41) is 1.18. The number of hydrogen-bond donors (Lipinski definition) is 0. The lowest BCUT2D eigenvalue weighted by atomic mass is 9.99. The molecule has 0 unspecified atom stereocenters. The van der Waals surface area contributed by atoms with Crippen molar-refractivity contribution in [3.8, 4) is 0 Å². The number of carbonyl (C=O) groups is 1. The van der Waals surface area contributed by atoms with Crippen LogP contribution < -0.4 is 9.68 Å². The van der Waals surface area contributed by atoms with Gasteiger partial charge in [0.15, 0.2) is 7.85 Å². The first kappa shape index (κ1) is 13.1. The Kier molecular flexibility index (Phi) is 4.41. The fourth-order valence-corrected chi connectivity index (χ4v) is 3.13. The number of thiophene rings is 1. The van der Waals surface area contributed by atoms with Gasteiger partial charge in [0.2, 0.25) is 0 Å². The monoisotopic (exact) mass is 239 g/mol. The standard InChI is InChI=1S/C11H18BNO2S/c1-5-13(6-2)10-7(3)8(9(12)16-10)11(14)15-4/h5-6,12H2,1-4H3. The van der Waals surface area contributed by atoms with Gasteiger partial charge in [-0.25, -0.2) is 4.79 Å². The molecule has 0 aliphatic rings. The number of hydrogen-bond acceptors (Lipinski definition) is 4. The maximum Gasteiger partial charge on any atom is 0.338 e. The van der Waals surface area contributed by atoms with Gasteiger partial charge in [-0.15, -0.1) is 11.3 Å². The summed E-state index contributed by atoms with van der Waals surface area (Å²) in [7, 11) is 3.40. The van der Waals surface area contributed by atoms with Crippen LogP contribution in [0.1, 0.15) is 29.8 Å². The van der Waals surface area contributed by atoms with Crippen LogP contribution in [0.5, 0.6) is 0 Å². The van der Waals surface area contributed by atoms with Crippen molar-refractivity contribution in [3.63, 3.8) is 0 Å². The van der Waals surface area contributed by atoms with E-state index in [9.17, 15) is 4.79 Å². The van der Waals surface area contributed by atoms with Crippen molar-refractivity contribution in [1.82, 2.24) is 0 Å². The lowest BCUT2D eigenvalue weighted by molar-refractivity contribution is 0.0602. The van der Waals surface area contributed by atoms with E-state index in [1.165, 1.54) is 12.1 Å². The van der Waals surface area contributed by atoms with Gasteiger partial charge in [-0.2, -0.15) is 0 Å². The lowest BCUT2D eigenvalue weighted by Crippen LogP contribution is -2.21. The van der Waals surface area contributed by atoms with E-state index in [-0.39, 0.29) is 5.97 Å². The Morgan fingerprint density at radius 3 is 2.44 bits per heavy atom. The number of carbonyl (C=O) groups excluding carboxylic acids is 1. The molecular weight excluding hydrogens is 221 g/mol. The molecule has 5 heteroatoms. The minimum absolute atomic E-state index is 0.232. The molecule has 0 aromatic carbocycles. The lowest BCUT2D eigenvalue weighted by Gasteiger charge is -2.20. The van der Waals surface area contributed by atoms with Gasteiger partial charge in [0.05, 0.1) is 17.7 Å². The van der Waals surface area contributed by atoms with Gasteiger partial charge in [0, 0.05) is 13.1 Å². The van der Waals surface area contributed by atoms with Gasteiger partial charge < -0.3 is 9.64 Å². The van der Waals surface area contributed by atoms with Gasteiger partial charge in [-0.1, -0.05) is 0 Å². The van der Waals surface area contributed by atoms with E-state index in [1.807, 2.05) is 14.8 Å². The summed E-state index contributed by atoms with van der Waals surface area (Å²) in [4.78, 5) is 13.9. The molecule has 16 heavy (non-hydrogen) atoms. The van der Waals surface area contributed by atoms with Crippen molar-refractivity contribution in [2.45, 2.75) is 20.8 Å². The zero-order valence-electron chi connectivity index (χ0n) is 10.6. The molecule has 0 amide bonds. The van der Waals surface area contributed by atoms with Gasteiger partial charge >= 0.3 is 5.97 Å². The van der Waals surface area contributed by atoms with Crippen molar-refractivity contribution in [2.24, 2.45) is 0 Å². The molecule has 0 radical (unpaired) electrons. The van der Waals surface area contributed by atoms with Crippen LogP contribution in [0, 0.1) is 6.92 Å². The van der Waals surface area contributed by atoms with Crippen molar-refractivity contribution in [1.29, 1.82) is 0 Å². The summed E-state index contributed by atoms with van der Waals surface area (Å²) in [5.74, 6) is -0.232. The van der Waals surface area contributed by atoms with E-state index >= 15 is 0 Å². The Balaban J connectivity index is 3.20. The van der Waals surface area contributed by atoms with E-state index in [1.54, 1.807) is 11.3 Å².